The maximum atomic E-state index is 13.3. The van der Waals surface area contributed by atoms with Gasteiger partial charge in [0, 0.05) is 22.6 Å². The molecule has 2 heterocycles. The molecule has 1 aromatic carbocycles. The molecule has 4 rings (SSSR count). The van der Waals surface area contributed by atoms with E-state index < -0.39 is 34.5 Å². The van der Waals surface area contributed by atoms with Gasteiger partial charge < -0.3 is 15.4 Å². The minimum atomic E-state index is -0.886. The van der Waals surface area contributed by atoms with Crippen molar-refractivity contribution in [3.63, 3.8) is 0 Å². The van der Waals surface area contributed by atoms with Gasteiger partial charge in [0.25, 0.3) is 5.69 Å². The monoisotopic (exact) mass is 568 g/mol. The van der Waals surface area contributed by atoms with Gasteiger partial charge in [-0.2, -0.15) is 0 Å². The van der Waals surface area contributed by atoms with Crippen LogP contribution >= 0.6 is 11.3 Å². The molecule has 0 radical (unpaired) electrons. The average Bonchev–Trinajstić information content (AvgIpc) is 3.32. The van der Waals surface area contributed by atoms with Crippen molar-refractivity contribution in [1.29, 1.82) is 0 Å². The number of ether oxygens (including phenoxy) is 1. The Balaban J connectivity index is 1.50. The molecule has 2 amide bonds. The van der Waals surface area contributed by atoms with Gasteiger partial charge in [0.05, 0.1) is 23.1 Å². The molecule has 0 spiro atoms. The summed E-state index contributed by atoms with van der Waals surface area (Å²) in [5, 5.41) is 20.1. The van der Waals surface area contributed by atoms with Gasteiger partial charge in [-0.15, -0.1) is 11.3 Å². The van der Waals surface area contributed by atoms with E-state index in [0.717, 1.165) is 48.3 Å². The summed E-state index contributed by atoms with van der Waals surface area (Å²) in [5.41, 5.74) is 1.36. The summed E-state index contributed by atoms with van der Waals surface area (Å²) in [7, 11) is 0. The van der Waals surface area contributed by atoms with Gasteiger partial charge in [0.1, 0.15) is 5.00 Å². The predicted molar refractivity (Wildman–Crippen MR) is 150 cm³/mol. The van der Waals surface area contributed by atoms with Crippen molar-refractivity contribution in [2.45, 2.75) is 51.5 Å². The Morgan fingerprint density at radius 3 is 2.50 bits per heavy atom. The predicted octanol–water partition coefficient (Wildman–Crippen LogP) is 4.21. The zero-order chi connectivity index (χ0) is 28.6. The summed E-state index contributed by atoms with van der Waals surface area (Å²) < 4.78 is 5.26. The van der Waals surface area contributed by atoms with Crippen LogP contribution in [0.1, 0.15) is 63.8 Å². The fourth-order valence-electron chi connectivity index (χ4n) is 5.06. The first-order chi connectivity index (χ1) is 19.3. The molecular weight excluding hydrogens is 536 g/mol. The van der Waals surface area contributed by atoms with Crippen molar-refractivity contribution in [3.05, 3.63) is 68.1 Å². The highest BCUT2D eigenvalue weighted by Crippen LogP contribution is 2.38. The SMILES string of the molecule is CCOC(=O)c1c(NC(=O)NC(C(=O)/C=C/C(=O)c2ccc([N+](=O)[O-])cc2)C2CCNCC2)sc2c1CCCC2. The fraction of sp³-hybridized carbons (Fsp3) is 0.429. The summed E-state index contributed by atoms with van der Waals surface area (Å²) in [6.07, 6.45) is 7.11. The molecule has 212 valence electrons. The van der Waals surface area contributed by atoms with Gasteiger partial charge in [0.15, 0.2) is 11.6 Å². The molecule has 2 aliphatic rings. The number of fused-ring (bicyclic) bond motifs is 1. The number of nitro groups is 1. The van der Waals surface area contributed by atoms with E-state index in [1.807, 2.05) is 0 Å². The lowest BCUT2D eigenvalue weighted by Gasteiger charge is -2.29. The third-order valence-corrected chi connectivity index (χ3v) is 8.30. The molecule has 0 saturated carbocycles. The number of allylic oxidation sites excluding steroid dienone is 1. The molecule has 1 unspecified atom stereocenters. The van der Waals surface area contributed by atoms with Crippen LogP contribution in [0.4, 0.5) is 15.5 Å². The van der Waals surface area contributed by atoms with E-state index >= 15 is 0 Å². The standard InChI is InChI=1S/C28H32N4O7S/c1-2-39-27(35)24-20-5-3-4-6-23(20)40-26(24)31-28(36)30-25(18-13-15-29-16-14-18)22(34)12-11-21(33)17-7-9-19(10-8-17)32(37)38/h7-12,18,25,29H,2-6,13-16H2,1H3,(H2,30,31,36)/b12-11+. The van der Waals surface area contributed by atoms with E-state index in [1.54, 1.807) is 6.92 Å². The Morgan fingerprint density at radius 2 is 1.82 bits per heavy atom. The molecule has 1 aliphatic heterocycles. The summed E-state index contributed by atoms with van der Waals surface area (Å²) in [6, 6.07) is 3.60. The second kappa shape index (κ2) is 13.4. The summed E-state index contributed by atoms with van der Waals surface area (Å²) in [6.45, 7) is 3.32. The van der Waals surface area contributed by atoms with Crippen molar-refractivity contribution in [1.82, 2.24) is 10.6 Å². The number of carbonyl (C=O) groups is 4. The highest BCUT2D eigenvalue weighted by atomic mass is 32.1. The number of non-ortho nitro benzene ring substituents is 1. The second-order valence-electron chi connectivity index (χ2n) is 9.70. The molecule has 1 fully saturated rings. The maximum absolute atomic E-state index is 13.3. The van der Waals surface area contributed by atoms with E-state index in [1.165, 1.54) is 35.6 Å². The molecule has 0 bridgehead atoms. The summed E-state index contributed by atoms with van der Waals surface area (Å²) in [4.78, 5) is 63.1. The number of nitrogens with one attached hydrogen (secondary N) is 3. The number of piperidine rings is 1. The highest BCUT2D eigenvalue weighted by Gasteiger charge is 2.32. The van der Waals surface area contributed by atoms with Gasteiger partial charge in [-0.1, -0.05) is 0 Å². The number of thiophene rings is 1. The number of carbonyl (C=O) groups excluding carboxylic acids is 4. The van der Waals surface area contributed by atoms with Crippen molar-refractivity contribution in [2.24, 2.45) is 5.92 Å². The number of amides is 2. The van der Waals surface area contributed by atoms with Crippen LogP contribution in [0.5, 0.6) is 0 Å². The summed E-state index contributed by atoms with van der Waals surface area (Å²) >= 11 is 1.36. The normalized spacial score (nSPS) is 16.1. The van der Waals surface area contributed by atoms with Crippen molar-refractivity contribution < 1.29 is 28.8 Å². The lowest BCUT2D eigenvalue weighted by Crippen LogP contribution is -2.49. The van der Waals surface area contributed by atoms with Crippen molar-refractivity contribution in [2.75, 3.05) is 25.0 Å². The molecular formula is C28H32N4O7S. The first kappa shape index (κ1) is 29.1. The first-order valence-corrected chi connectivity index (χ1v) is 14.2. The third kappa shape index (κ3) is 6.99. The fourth-order valence-corrected chi connectivity index (χ4v) is 6.33. The largest absolute Gasteiger partial charge is 0.462 e. The number of urea groups is 1. The number of hydrogen-bond donors (Lipinski definition) is 3. The van der Waals surface area contributed by atoms with E-state index in [9.17, 15) is 29.3 Å². The minimum absolute atomic E-state index is 0.143. The number of esters is 1. The highest BCUT2D eigenvalue weighted by molar-refractivity contribution is 7.17. The van der Waals surface area contributed by atoms with Crippen LogP contribution in [0.15, 0.2) is 36.4 Å². The second-order valence-corrected chi connectivity index (χ2v) is 10.8. The molecule has 1 saturated heterocycles. The average molecular weight is 569 g/mol. The molecule has 3 N–H and O–H groups in total. The topological polar surface area (TPSA) is 157 Å². The van der Waals surface area contributed by atoms with Gasteiger partial charge in [0.2, 0.25) is 0 Å². The lowest BCUT2D eigenvalue weighted by atomic mass is 9.87. The van der Waals surface area contributed by atoms with Crippen LogP contribution < -0.4 is 16.0 Å². The molecule has 2 aromatic rings. The van der Waals surface area contributed by atoms with E-state index in [2.05, 4.69) is 16.0 Å². The Hall–Kier alpha value is -3.90. The smallest absolute Gasteiger partial charge is 0.341 e. The molecule has 1 atom stereocenters. The minimum Gasteiger partial charge on any atom is -0.462 e. The van der Waals surface area contributed by atoms with Crippen molar-refractivity contribution >= 4 is 45.6 Å². The van der Waals surface area contributed by atoms with Crippen LogP contribution in [0.3, 0.4) is 0 Å². The van der Waals surface area contributed by atoms with Gasteiger partial charge in [-0.25, -0.2) is 9.59 Å². The summed E-state index contributed by atoms with van der Waals surface area (Å²) in [5.74, 6) is -1.55. The number of aryl methyl sites for hydroxylation is 1. The number of anilines is 1. The Labute approximate surface area is 235 Å². The number of hydrogen-bond acceptors (Lipinski definition) is 9. The number of ketones is 2. The van der Waals surface area contributed by atoms with Crippen molar-refractivity contribution in [3.8, 4) is 0 Å². The first-order valence-electron chi connectivity index (χ1n) is 13.4. The molecule has 11 nitrogen and oxygen atoms in total. The molecule has 12 heteroatoms. The number of rotatable bonds is 10. The Kier molecular flexibility index (Phi) is 9.78. The molecule has 1 aliphatic carbocycles. The maximum Gasteiger partial charge on any atom is 0.341 e. The van der Waals surface area contributed by atoms with Gasteiger partial charge in [-0.3, -0.25) is 25.0 Å². The van der Waals surface area contributed by atoms with Gasteiger partial charge >= 0.3 is 12.0 Å². The van der Waals surface area contributed by atoms with E-state index in [4.69, 9.17) is 4.74 Å². The van der Waals surface area contributed by atoms with Crippen LogP contribution in [0.25, 0.3) is 0 Å². The Bertz CT molecular complexity index is 1310. The van der Waals surface area contributed by atoms with Gasteiger partial charge in [-0.05, 0) is 94.3 Å². The van der Waals surface area contributed by atoms with E-state index in [0.29, 0.717) is 36.5 Å². The number of nitrogens with zero attached hydrogens (tertiary/aromatic N) is 1. The molecule has 1 aromatic heterocycles. The quantitative estimate of drug-likeness (QED) is 0.126. The van der Waals surface area contributed by atoms with Crippen LogP contribution in [0.2, 0.25) is 0 Å². The number of benzene rings is 1. The Morgan fingerprint density at radius 1 is 1.12 bits per heavy atom. The third-order valence-electron chi connectivity index (χ3n) is 7.09. The zero-order valence-electron chi connectivity index (χ0n) is 22.2. The van der Waals surface area contributed by atoms with E-state index in [-0.39, 0.29) is 23.8 Å². The van der Waals surface area contributed by atoms with Crippen LogP contribution in [-0.2, 0) is 22.4 Å². The van der Waals surface area contributed by atoms with Crippen LogP contribution in [-0.4, -0.2) is 54.2 Å². The molecule has 40 heavy (non-hydrogen) atoms. The number of nitro benzene ring substituents is 1. The zero-order valence-corrected chi connectivity index (χ0v) is 23.0. The van der Waals surface area contributed by atoms with Crippen LogP contribution in [0, 0.1) is 16.0 Å². The lowest BCUT2D eigenvalue weighted by molar-refractivity contribution is -0.384.